The van der Waals surface area contributed by atoms with Crippen LogP contribution in [-0.2, 0) is 11.2 Å². The number of halogens is 1. The van der Waals surface area contributed by atoms with Crippen molar-refractivity contribution in [1.29, 1.82) is 0 Å². The molecule has 0 bridgehead atoms. The van der Waals surface area contributed by atoms with Crippen molar-refractivity contribution < 1.29 is 4.79 Å². The van der Waals surface area contributed by atoms with Crippen molar-refractivity contribution in [3.05, 3.63) is 22.1 Å². The van der Waals surface area contributed by atoms with Crippen molar-refractivity contribution >= 4 is 23.5 Å². The van der Waals surface area contributed by atoms with Crippen LogP contribution in [0.15, 0.2) is 10.9 Å². The molecule has 1 aromatic heterocycles. The van der Waals surface area contributed by atoms with Gasteiger partial charge in [0.1, 0.15) is 0 Å². The average molecular weight is 242 g/mol. The summed E-state index contributed by atoms with van der Waals surface area (Å²) in [7, 11) is 0. The van der Waals surface area contributed by atoms with Gasteiger partial charge in [0.2, 0.25) is 11.9 Å². The predicted molar refractivity (Wildman–Crippen MR) is 60.8 cm³/mol. The van der Waals surface area contributed by atoms with Gasteiger partial charge in [-0.3, -0.25) is 19.5 Å². The van der Waals surface area contributed by atoms with Gasteiger partial charge in [-0.05, 0) is 6.42 Å². The number of nitrogens with zero attached hydrogens (tertiary/aromatic N) is 2. The first-order valence-electron chi connectivity index (χ1n) is 5.15. The average Bonchev–Trinajstić information content (AvgIpc) is 2.57. The number of rotatable bonds is 2. The Kier molecular flexibility index (Phi) is 2.96. The Morgan fingerprint density at radius 2 is 2.38 bits per heavy atom. The fourth-order valence-corrected chi connectivity index (χ4v) is 1.94. The molecule has 86 valence electrons. The van der Waals surface area contributed by atoms with E-state index < -0.39 is 0 Å². The summed E-state index contributed by atoms with van der Waals surface area (Å²) in [6.07, 6.45) is 0.949. The summed E-state index contributed by atoms with van der Waals surface area (Å²) in [6.45, 7) is 2.30. The first-order chi connectivity index (χ1) is 7.60. The van der Waals surface area contributed by atoms with Crippen molar-refractivity contribution in [2.45, 2.75) is 25.1 Å². The van der Waals surface area contributed by atoms with E-state index in [1.54, 1.807) is 0 Å². The van der Waals surface area contributed by atoms with Gasteiger partial charge in [0.25, 0.3) is 5.56 Å². The number of aryl methyl sites for hydroxylation is 1. The highest BCUT2D eigenvalue weighted by Gasteiger charge is 2.30. The number of aromatic amines is 1. The van der Waals surface area contributed by atoms with E-state index in [0.717, 1.165) is 0 Å². The zero-order chi connectivity index (χ0) is 11.7. The lowest BCUT2D eigenvalue weighted by Gasteiger charge is -2.14. The minimum atomic E-state index is -0.243. The van der Waals surface area contributed by atoms with Crippen LogP contribution >= 0.6 is 11.6 Å². The Morgan fingerprint density at radius 1 is 1.62 bits per heavy atom. The molecule has 0 aliphatic carbocycles. The Bertz CT molecular complexity index is 471. The molecular weight excluding hydrogens is 230 g/mol. The van der Waals surface area contributed by atoms with Gasteiger partial charge in [-0.1, -0.05) is 6.92 Å². The van der Waals surface area contributed by atoms with Crippen LogP contribution in [0.4, 0.5) is 5.95 Å². The highest BCUT2D eigenvalue weighted by atomic mass is 35.5. The maximum Gasteiger partial charge on any atom is 0.252 e. The molecule has 0 aromatic carbocycles. The van der Waals surface area contributed by atoms with Gasteiger partial charge in [0.05, 0.1) is 5.38 Å². The molecule has 1 N–H and O–H groups in total. The summed E-state index contributed by atoms with van der Waals surface area (Å²) in [5, 5.41) is -0.205. The third-order valence-electron chi connectivity index (χ3n) is 2.48. The molecule has 6 heteroatoms. The van der Waals surface area contributed by atoms with Crippen LogP contribution < -0.4 is 10.5 Å². The number of carbonyl (C=O) groups is 1. The number of nitrogens with one attached hydrogen (secondary N) is 1. The Hall–Kier alpha value is -1.36. The molecule has 1 aliphatic heterocycles. The van der Waals surface area contributed by atoms with E-state index in [4.69, 9.17) is 11.6 Å². The lowest BCUT2D eigenvalue weighted by Crippen LogP contribution is -2.29. The molecule has 1 atom stereocenters. The van der Waals surface area contributed by atoms with Gasteiger partial charge in [0.15, 0.2) is 0 Å². The fourth-order valence-electron chi connectivity index (χ4n) is 1.67. The first kappa shape index (κ1) is 11.1. The minimum absolute atomic E-state index is 0.101. The Labute approximate surface area is 97.4 Å². The second-order valence-corrected chi connectivity index (χ2v) is 4.34. The fraction of sp³-hybridized carbons (Fsp3) is 0.500. The van der Waals surface area contributed by atoms with Crippen LogP contribution in [0.25, 0.3) is 0 Å². The Balaban J connectivity index is 2.37. The zero-order valence-corrected chi connectivity index (χ0v) is 9.62. The number of carbonyl (C=O) groups excluding carboxylic acids is 1. The molecular formula is C10H12ClN3O2. The van der Waals surface area contributed by atoms with E-state index in [0.29, 0.717) is 31.0 Å². The van der Waals surface area contributed by atoms with E-state index in [1.165, 1.54) is 11.0 Å². The minimum Gasteiger partial charge on any atom is -0.292 e. The van der Waals surface area contributed by atoms with Gasteiger partial charge >= 0.3 is 0 Å². The van der Waals surface area contributed by atoms with E-state index >= 15 is 0 Å². The zero-order valence-electron chi connectivity index (χ0n) is 8.86. The molecule has 0 spiro atoms. The van der Waals surface area contributed by atoms with Gasteiger partial charge < -0.3 is 0 Å². The van der Waals surface area contributed by atoms with Crippen LogP contribution in [0.3, 0.4) is 0 Å². The summed E-state index contributed by atoms with van der Waals surface area (Å²) in [5.74, 6) is 0.203. The lowest BCUT2D eigenvalue weighted by molar-refractivity contribution is -0.117. The SMILES string of the molecule is CCc1cc(=O)[nH]c(N2CC(Cl)CC2=O)n1. The maximum atomic E-state index is 11.6. The number of amides is 1. The smallest absolute Gasteiger partial charge is 0.252 e. The van der Waals surface area contributed by atoms with Crippen molar-refractivity contribution in [2.24, 2.45) is 0 Å². The third kappa shape index (κ3) is 2.09. The second kappa shape index (κ2) is 4.25. The maximum absolute atomic E-state index is 11.6. The Morgan fingerprint density at radius 3 is 2.94 bits per heavy atom. The summed E-state index contributed by atoms with van der Waals surface area (Å²) < 4.78 is 0. The molecule has 0 radical (unpaired) electrons. The van der Waals surface area contributed by atoms with Gasteiger partial charge in [-0.2, -0.15) is 0 Å². The molecule has 1 fully saturated rings. The number of aromatic nitrogens is 2. The molecule has 1 amide bonds. The monoisotopic (exact) mass is 241 g/mol. The number of hydrogen-bond donors (Lipinski definition) is 1. The summed E-state index contributed by atoms with van der Waals surface area (Å²) in [4.78, 5) is 31.1. The number of alkyl halides is 1. The largest absolute Gasteiger partial charge is 0.292 e. The summed E-state index contributed by atoms with van der Waals surface area (Å²) in [5.41, 5.74) is 0.428. The van der Waals surface area contributed by atoms with Crippen LogP contribution in [0.2, 0.25) is 0 Å². The molecule has 2 heterocycles. The second-order valence-electron chi connectivity index (χ2n) is 3.72. The molecule has 1 aliphatic rings. The van der Waals surface area contributed by atoms with E-state index in [-0.39, 0.29) is 16.8 Å². The standard InChI is InChI=1S/C10H12ClN3O2/c1-2-7-4-8(15)13-10(12-7)14-5-6(11)3-9(14)16/h4,6H,2-3,5H2,1H3,(H,12,13,15). The van der Waals surface area contributed by atoms with Crippen LogP contribution in [0.5, 0.6) is 0 Å². The quantitative estimate of drug-likeness (QED) is 0.775. The van der Waals surface area contributed by atoms with Crippen molar-refractivity contribution in [1.82, 2.24) is 9.97 Å². The third-order valence-corrected chi connectivity index (χ3v) is 2.77. The lowest BCUT2D eigenvalue weighted by atomic mass is 10.3. The molecule has 5 nitrogen and oxygen atoms in total. The highest BCUT2D eigenvalue weighted by Crippen LogP contribution is 2.20. The molecule has 0 saturated carbocycles. The van der Waals surface area contributed by atoms with Crippen LogP contribution in [-0.4, -0.2) is 27.8 Å². The topological polar surface area (TPSA) is 66.1 Å². The van der Waals surface area contributed by atoms with Crippen LogP contribution in [0.1, 0.15) is 19.0 Å². The van der Waals surface area contributed by atoms with E-state index in [2.05, 4.69) is 9.97 Å². The molecule has 2 rings (SSSR count). The van der Waals surface area contributed by atoms with Crippen molar-refractivity contribution in [3.63, 3.8) is 0 Å². The normalized spacial score (nSPS) is 20.5. The van der Waals surface area contributed by atoms with Gasteiger partial charge in [-0.15, -0.1) is 11.6 Å². The summed E-state index contributed by atoms with van der Waals surface area (Å²) >= 11 is 5.88. The highest BCUT2D eigenvalue weighted by molar-refractivity contribution is 6.24. The van der Waals surface area contributed by atoms with Crippen molar-refractivity contribution in [2.75, 3.05) is 11.4 Å². The van der Waals surface area contributed by atoms with Gasteiger partial charge in [0, 0.05) is 24.7 Å². The predicted octanol–water partition coefficient (Wildman–Crippen LogP) is 0.676. The van der Waals surface area contributed by atoms with E-state index in [1.807, 2.05) is 6.92 Å². The van der Waals surface area contributed by atoms with Crippen LogP contribution in [0, 0.1) is 0 Å². The van der Waals surface area contributed by atoms with E-state index in [9.17, 15) is 9.59 Å². The number of hydrogen-bond acceptors (Lipinski definition) is 3. The first-order valence-corrected chi connectivity index (χ1v) is 5.58. The molecule has 1 aromatic rings. The summed E-state index contributed by atoms with van der Waals surface area (Å²) in [6, 6.07) is 1.43. The molecule has 1 saturated heterocycles. The number of H-pyrrole nitrogens is 1. The molecule has 1 unspecified atom stereocenters. The van der Waals surface area contributed by atoms with Crippen molar-refractivity contribution in [3.8, 4) is 0 Å². The molecule has 16 heavy (non-hydrogen) atoms. The number of anilines is 1. The van der Waals surface area contributed by atoms with Gasteiger partial charge in [-0.25, -0.2) is 4.98 Å².